The molecule has 0 radical (unpaired) electrons. The molecule has 0 saturated heterocycles. The van der Waals surface area contributed by atoms with Gasteiger partial charge in [0.2, 0.25) is 0 Å². The Morgan fingerprint density at radius 3 is 0.965 bits per heavy atom. The molecule has 20 nitrogen and oxygen atoms in total. The summed E-state index contributed by atoms with van der Waals surface area (Å²) in [6.45, 7) is 11.4. The Hall–Kier alpha value is -9.30. The number of nitrogens with zero attached hydrogens (tertiary/aromatic N) is 2. The second kappa shape index (κ2) is 39.4. The Kier molecular flexibility index (Phi) is 30.6. The Labute approximate surface area is 709 Å². The smallest absolute Gasteiger partial charge is 0.744 e. The van der Waals surface area contributed by atoms with Crippen LogP contribution in [0.5, 0.6) is 11.5 Å². The van der Waals surface area contributed by atoms with Crippen LogP contribution < -0.4 is 80.1 Å². The van der Waals surface area contributed by atoms with Gasteiger partial charge in [-0.1, -0.05) is 198 Å². The first kappa shape index (κ1) is 88.6. The number of carbonyl (C=O) groups is 6. The number of benzene rings is 9. The van der Waals surface area contributed by atoms with Crippen molar-refractivity contribution in [2.75, 3.05) is 13.2 Å². The van der Waals surface area contributed by atoms with Gasteiger partial charge in [0.25, 0.3) is 23.4 Å². The molecule has 9 aromatic carbocycles. The summed E-state index contributed by atoms with van der Waals surface area (Å²) in [5.74, 6) is -6.31. The van der Waals surface area contributed by atoms with E-state index in [0.717, 1.165) is 81.3 Å². The fourth-order valence-electron chi connectivity index (χ4n) is 16.3. The van der Waals surface area contributed by atoms with Gasteiger partial charge < -0.3 is 49.4 Å². The quantitative estimate of drug-likeness (QED) is 0.0121. The van der Waals surface area contributed by atoms with E-state index in [-0.39, 0.29) is 139 Å². The summed E-state index contributed by atoms with van der Waals surface area (Å²) in [5, 5.41) is 19.4. The normalized spacial score (nSPS) is 13.8. The van der Waals surface area contributed by atoms with E-state index in [1.165, 1.54) is 24.3 Å². The van der Waals surface area contributed by atoms with Gasteiger partial charge in [0.15, 0.2) is 13.2 Å². The minimum absolute atomic E-state index is 0. The van der Waals surface area contributed by atoms with Crippen molar-refractivity contribution >= 4 is 77.4 Å². The number of nitrogens with two attached hydrogens (primary N) is 2. The van der Waals surface area contributed by atoms with E-state index < -0.39 is 68.8 Å². The summed E-state index contributed by atoms with van der Waals surface area (Å²) >= 11 is 0. The van der Waals surface area contributed by atoms with Crippen LogP contribution in [0.3, 0.4) is 0 Å². The van der Waals surface area contributed by atoms with E-state index in [9.17, 15) is 64.9 Å². The van der Waals surface area contributed by atoms with Gasteiger partial charge in [0, 0.05) is 24.5 Å². The maximum absolute atomic E-state index is 13.4. The van der Waals surface area contributed by atoms with E-state index in [2.05, 4.69) is 100 Å². The molecule has 2 heterocycles. The summed E-state index contributed by atoms with van der Waals surface area (Å²) in [6.07, 6.45) is 5.80. The van der Waals surface area contributed by atoms with E-state index >= 15 is 0 Å². The number of carbonyl (C=O) groups excluding carboxylic acids is 4. The van der Waals surface area contributed by atoms with Crippen LogP contribution in [0.4, 0.5) is 0 Å². The van der Waals surface area contributed by atoms with Crippen molar-refractivity contribution in [3.63, 3.8) is 0 Å². The van der Waals surface area contributed by atoms with Crippen molar-refractivity contribution in [2.24, 2.45) is 11.5 Å². The number of Topliss-reactive ketones (excluding diaryl/α,β-unsaturated/α-hetero) is 2. The zero-order chi connectivity index (χ0) is 80.3. The molecule has 11 rings (SSSR count). The summed E-state index contributed by atoms with van der Waals surface area (Å²) in [7, 11) is -9.48. The number of hydrogen-bond donors (Lipinski definition) is 4. The molecule has 582 valence electrons. The SMILES string of the molecule is CCC(CC(CC(CC(C)c1ccc(Cn2c(C)c(C(=O)C(N)=O)c3c(OCC(=O)O)cccc32)cc1)c1ccccc1)c1ccc(S(=O)(=O)[O-])cc1)c1ccc(C(CC)CC(CC(CC(C)c2ccc(Cn3c(C)c(C(=O)C(N)=O)c4c(OCC(=O)O)cccc43)cc2)c2ccccc2)c2ccc(S(=O)(=O)[O-])cc2)cc1.[Na+].[Na+]. The van der Waals surface area contributed by atoms with Crippen LogP contribution in [-0.2, 0) is 52.5 Å². The first-order valence-electron chi connectivity index (χ1n) is 37.6. The van der Waals surface area contributed by atoms with Crippen molar-refractivity contribution in [2.45, 2.75) is 163 Å². The molecule has 24 heteroatoms. The van der Waals surface area contributed by atoms with Crippen LogP contribution in [0, 0.1) is 13.8 Å². The predicted molar refractivity (Wildman–Crippen MR) is 427 cm³/mol. The van der Waals surface area contributed by atoms with Gasteiger partial charge in [-0.05, 0) is 217 Å². The number of amides is 2. The molecule has 8 unspecified atom stereocenters. The van der Waals surface area contributed by atoms with Gasteiger partial charge in [-0.25, -0.2) is 26.4 Å². The summed E-state index contributed by atoms with van der Waals surface area (Å²) in [6, 6.07) is 68.7. The van der Waals surface area contributed by atoms with Crippen LogP contribution >= 0.6 is 0 Å². The van der Waals surface area contributed by atoms with Crippen LogP contribution in [-0.4, -0.2) is 93.8 Å². The molecule has 11 aromatic rings. The van der Waals surface area contributed by atoms with E-state index in [4.69, 9.17) is 20.9 Å². The number of ether oxygens (including phenoxy) is 2. The van der Waals surface area contributed by atoms with Crippen molar-refractivity contribution < 1.29 is 134 Å². The Bertz CT molecular complexity index is 5130. The molecule has 0 spiro atoms. The molecule has 6 N–H and O–H groups in total. The molecule has 2 amide bonds. The number of fused-ring (bicyclic) bond motifs is 2. The number of carboxylic acids is 2. The Morgan fingerprint density at radius 1 is 0.386 bits per heavy atom. The van der Waals surface area contributed by atoms with Gasteiger partial charge >= 0.3 is 71.1 Å². The molecule has 0 aliphatic carbocycles. The van der Waals surface area contributed by atoms with Crippen molar-refractivity contribution in [3.05, 3.63) is 297 Å². The summed E-state index contributed by atoms with van der Waals surface area (Å²) in [4.78, 5) is 73.9. The molecule has 0 bridgehead atoms. The Balaban J connectivity index is 0.00000744. The largest absolute Gasteiger partial charge is 1.00 e. The van der Waals surface area contributed by atoms with Crippen molar-refractivity contribution in [1.82, 2.24) is 9.13 Å². The molecule has 0 saturated carbocycles. The number of aliphatic carboxylic acids is 2. The number of primary amides is 2. The molecule has 8 atom stereocenters. The first-order valence-corrected chi connectivity index (χ1v) is 40.4. The average molecular weight is 1600 g/mol. The minimum Gasteiger partial charge on any atom is -0.744 e. The molecule has 0 fully saturated rings. The van der Waals surface area contributed by atoms with Gasteiger partial charge in [0.1, 0.15) is 31.7 Å². The minimum atomic E-state index is -4.74. The molecular weight excluding hydrogens is 1500 g/mol. The number of carboxylic acid groups (broad SMARTS) is 2. The van der Waals surface area contributed by atoms with Gasteiger partial charge in [-0.3, -0.25) is 19.2 Å². The third-order valence-electron chi connectivity index (χ3n) is 22.2. The molecular formula is C90H92N4Na2O16S2. The molecule has 0 aliphatic heterocycles. The third kappa shape index (κ3) is 21.4. The standard InChI is InChI=1S/C90H94N4O16S2.2Na/c1-7-61(47-73(69-37-41-75(42-38-69)111(103,104)105)49-71(65-17-11-9-12-18-65)45-55(3)63-29-25-59(26-30-63)51-93-57(5)83(87(99)89(91)101)85-77(93)21-15-23-79(85)109-53-81(95)96)67-33-35-68(36-34-67)62(8-2)48-74(70-39-43-76(44-40-70)112(106,107)108)50-72(66-19-13-10-14-20-66)46-56(4)64-31-27-60(28-32-64)52-94-58(6)84(88(100)90(92)102)86-78(94)22-16-24-80(86)110-54-82(97)98;;/h9-44,55-56,61-62,71-74H,7-8,45-54H2,1-6H3,(H2,91,101)(H2,92,102)(H,95,96)(H,97,98)(H,103,104,105)(H,106,107,108);;/q;2*+1/p-2. The second-order valence-electron chi connectivity index (χ2n) is 29.4. The first-order chi connectivity index (χ1) is 53.5. The van der Waals surface area contributed by atoms with Crippen LogP contribution in [0.15, 0.2) is 228 Å². The van der Waals surface area contributed by atoms with Crippen LogP contribution in [0.1, 0.15) is 214 Å². The van der Waals surface area contributed by atoms with Crippen LogP contribution in [0.25, 0.3) is 21.8 Å². The van der Waals surface area contributed by atoms with Gasteiger partial charge in [0.05, 0.1) is 42.7 Å². The van der Waals surface area contributed by atoms with E-state index in [1.54, 1.807) is 74.5 Å². The third-order valence-corrected chi connectivity index (χ3v) is 23.9. The average Bonchev–Trinajstić information content (AvgIpc) is 1.60. The fraction of sp³-hybridized carbons (Fsp3) is 0.289. The number of hydrogen-bond acceptors (Lipinski definition) is 14. The van der Waals surface area contributed by atoms with Gasteiger partial charge in [-0.15, -0.1) is 0 Å². The van der Waals surface area contributed by atoms with Gasteiger partial charge in [-0.2, -0.15) is 0 Å². The number of aromatic nitrogens is 2. The second-order valence-corrected chi connectivity index (χ2v) is 32.1. The van der Waals surface area contributed by atoms with Crippen molar-refractivity contribution in [3.8, 4) is 11.5 Å². The number of rotatable bonds is 38. The predicted octanol–water partition coefficient (Wildman–Crippen LogP) is 10.5. The maximum Gasteiger partial charge on any atom is 1.00 e. The summed E-state index contributed by atoms with van der Waals surface area (Å²) < 4.78 is 89.1. The van der Waals surface area contributed by atoms with Crippen molar-refractivity contribution in [1.29, 1.82) is 0 Å². The van der Waals surface area contributed by atoms with E-state index in [1.807, 2.05) is 69.8 Å². The molecule has 114 heavy (non-hydrogen) atoms. The molecule has 2 aromatic heterocycles. The van der Waals surface area contributed by atoms with Crippen LogP contribution in [0.2, 0.25) is 0 Å². The topological polar surface area (TPSA) is 338 Å². The maximum atomic E-state index is 13.4. The Morgan fingerprint density at radius 2 is 0.667 bits per heavy atom. The zero-order valence-electron chi connectivity index (χ0n) is 65.4. The summed E-state index contributed by atoms with van der Waals surface area (Å²) in [5.41, 5.74) is 23.5. The number of ketones is 2. The molecule has 0 aliphatic rings. The fourth-order valence-corrected chi connectivity index (χ4v) is 17.3. The van der Waals surface area contributed by atoms with E-state index in [0.29, 0.717) is 72.0 Å². The monoisotopic (exact) mass is 1590 g/mol. The zero-order valence-corrected chi connectivity index (χ0v) is 71.0.